The number of rotatable bonds is 11. The molecule has 1 amide bonds. The molecule has 1 saturated heterocycles. The number of pyridine rings is 1. The normalized spacial score (nSPS) is 19.2. The highest BCUT2D eigenvalue weighted by atomic mass is 16.7. The first-order chi connectivity index (χ1) is 19.5. The fraction of sp³-hybridized carbons (Fsp3) is 0.448. The number of hydrogen-bond acceptors (Lipinski definition) is 9. The van der Waals surface area contributed by atoms with Crippen LogP contribution >= 0.6 is 0 Å². The van der Waals surface area contributed by atoms with Crippen molar-refractivity contribution >= 4 is 11.9 Å². The molecule has 1 aliphatic carbocycles. The highest BCUT2D eigenvalue weighted by Gasteiger charge is 2.35. The SMILES string of the molecule is COCOc1ccccc1-c1cc(CCc2ccnc(OC3CC(OC4CCN(C(=O)O)CC4)C3)c2)c(N)nn1. The number of benzene rings is 1. The Balaban J connectivity index is 1.12. The summed E-state index contributed by atoms with van der Waals surface area (Å²) in [6.07, 6.45) is 5.75. The van der Waals surface area contributed by atoms with Crippen LogP contribution in [0.4, 0.5) is 10.6 Å². The minimum Gasteiger partial charge on any atom is -0.474 e. The van der Waals surface area contributed by atoms with Crippen molar-refractivity contribution in [2.75, 3.05) is 32.7 Å². The molecule has 0 spiro atoms. The van der Waals surface area contributed by atoms with Gasteiger partial charge >= 0.3 is 6.09 Å². The molecule has 0 atom stereocenters. The Morgan fingerprint density at radius 3 is 2.62 bits per heavy atom. The van der Waals surface area contributed by atoms with Crippen molar-refractivity contribution in [3.05, 3.63) is 59.8 Å². The third-order valence-corrected chi connectivity index (χ3v) is 7.32. The predicted molar refractivity (Wildman–Crippen MR) is 147 cm³/mol. The molecular weight excluding hydrogens is 514 g/mol. The van der Waals surface area contributed by atoms with Gasteiger partial charge in [-0.05, 0) is 61.1 Å². The number of anilines is 1. The fourth-order valence-electron chi connectivity index (χ4n) is 5.00. The summed E-state index contributed by atoms with van der Waals surface area (Å²) < 4.78 is 23.0. The maximum absolute atomic E-state index is 11.1. The number of likely N-dealkylation sites (tertiary alicyclic amines) is 1. The zero-order valence-electron chi connectivity index (χ0n) is 22.6. The van der Waals surface area contributed by atoms with Crippen molar-refractivity contribution in [2.24, 2.45) is 0 Å². The molecule has 0 radical (unpaired) electrons. The molecule has 2 fully saturated rings. The lowest BCUT2D eigenvalue weighted by Crippen LogP contribution is -2.45. The second-order valence-electron chi connectivity index (χ2n) is 10.1. The lowest BCUT2D eigenvalue weighted by Gasteiger charge is -2.39. The fourth-order valence-corrected chi connectivity index (χ4v) is 5.00. The molecule has 0 unspecified atom stereocenters. The summed E-state index contributed by atoms with van der Waals surface area (Å²) in [4.78, 5) is 16.9. The minimum atomic E-state index is -0.856. The van der Waals surface area contributed by atoms with Gasteiger partial charge in [-0.2, -0.15) is 0 Å². The molecule has 1 saturated carbocycles. The van der Waals surface area contributed by atoms with Gasteiger partial charge in [0.05, 0.1) is 17.9 Å². The van der Waals surface area contributed by atoms with Crippen molar-refractivity contribution in [1.29, 1.82) is 0 Å². The van der Waals surface area contributed by atoms with Gasteiger partial charge in [0.2, 0.25) is 5.88 Å². The van der Waals surface area contributed by atoms with Crippen LogP contribution in [0.5, 0.6) is 11.6 Å². The summed E-state index contributed by atoms with van der Waals surface area (Å²) in [6.45, 7) is 1.20. The molecule has 40 heavy (non-hydrogen) atoms. The number of aryl methyl sites for hydroxylation is 2. The predicted octanol–water partition coefficient (Wildman–Crippen LogP) is 3.96. The average Bonchev–Trinajstić information content (AvgIpc) is 2.95. The first-order valence-electron chi connectivity index (χ1n) is 13.6. The number of aromatic nitrogens is 3. The Bertz CT molecular complexity index is 1290. The number of piperidine rings is 1. The van der Waals surface area contributed by atoms with E-state index in [0.29, 0.717) is 42.7 Å². The smallest absolute Gasteiger partial charge is 0.407 e. The van der Waals surface area contributed by atoms with E-state index in [-0.39, 0.29) is 25.1 Å². The number of nitrogen functional groups attached to an aromatic ring is 1. The highest BCUT2D eigenvalue weighted by Crippen LogP contribution is 2.32. The van der Waals surface area contributed by atoms with E-state index in [0.717, 1.165) is 48.8 Å². The van der Waals surface area contributed by atoms with Crippen LogP contribution in [-0.4, -0.2) is 76.6 Å². The summed E-state index contributed by atoms with van der Waals surface area (Å²) in [7, 11) is 1.58. The quantitative estimate of drug-likeness (QED) is 0.338. The second-order valence-corrected chi connectivity index (χ2v) is 10.1. The van der Waals surface area contributed by atoms with E-state index in [1.54, 1.807) is 13.3 Å². The Morgan fingerprint density at radius 2 is 1.85 bits per heavy atom. The van der Waals surface area contributed by atoms with E-state index in [1.807, 2.05) is 42.5 Å². The molecule has 1 aromatic carbocycles. The molecule has 3 N–H and O–H groups in total. The number of carboxylic acid groups (broad SMARTS) is 1. The lowest BCUT2D eigenvalue weighted by molar-refractivity contribution is -0.109. The third-order valence-electron chi connectivity index (χ3n) is 7.32. The van der Waals surface area contributed by atoms with Crippen LogP contribution in [0.15, 0.2) is 48.7 Å². The van der Waals surface area contributed by atoms with Crippen molar-refractivity contribution < 1.29 is 28.8 Å². The number of ether oxygens (including phenoxy) is 4. The molecule has 11 heteroatoms. The van der Waals surface area contributed by atoms with Gasteiger partial charge in [0.1, 0.15) is 17.7 Å². The largest absolute Gasteiger partial charge is 0.474 e. The molecule has 5 rings (SSSR count). The summed E-state index contributed by atoms with van der Waals surface area (Å²) in [5, 5.41) is 17.6. The Kier molecular flexibility index (Phi) is 8.92. The van der Waals surface area contributed by atoms with Crippen LogP contribution < -0.4 is 15.2 Å². The van der Waals surface area contributed by atoms with Crippen LogP contribution in [0.2, 0.25) is 0 Å². The monoisotopic (exact) mass is 549 g/mol. The Morgan fingerprint density at radius 1 is 1.05 bits per heavy atom. The van der Waals surface area contributed by atoms with E-state index in [1.165, 1.54) is 4.90 Å². The third kappa shape index (κ3) is 6.97. The highest BCUT2D eigenvalue weighted by molar-refractivity contribution is 5.68. The van der Waals surface area contributed by atoms with Crippen LogP contribution in [-0.2, 0) is 22.3 Å². The Labute approximate surface area is 233 Å². The first kappa shape index (κ1) is 27.6. The van der Waals surface area contributed by atoms with Crippen molar-refractivity contribution in [2.45, 2.75) is 56.8 Å². The van der Waals surface area contributed by atoms with Crippen LogP contribution in [0.25, 0.3) is 11.3 Å². The zero-order valence-corrected chi connectivity index (χ0v) is 22.6. The molecule has 1 aliphatic heterocycles. The van der Waals surface area contributed by atoms with E-state index in [2.05, 4.69) is 15.2 Å². The molecule has 3 heterocycles. The topological polar surface area (TPSA) is 142 Å². The van der Waals surface area contributed by atoms with Crippen LogP contribution in [0.1, 0.15) is 36.8 Å². The standard InChI is InChI=1S/C29H35N5O6/c1-37-18-38-26-5-3-2-4-24(26)25-15-20(28(30)33-32-25)7-6-19-8-11-31-27(14-19)40-23-16-22(17-23)39-21-9-12-34(13-10-21)29(35)36/h2-5,8,11,14-15,21-23H,6-7,9-10,12-13,16-18H2,1H3,(H2,30,33)(H,35,36). The molecule has 0 bridgehead atoms. The van der Waals surface area contributed by atoms with Gasteiger partial charge in [0.25, 0.3) is 0 Å². The van der Waals surface area contributed by atoms with E-state index < -0.39 is 6.09 Å². The molecular formula is C29H35N5O6. The van der Waals surface area contributed by atoms with Gasteiger partial charge in [-0.25, -0.2) is 9.78 Å². The number of hydrogen-bond donors (Lipinski definition) is 2. The number of carbonyl (C=O) groups is 1. The van der Waals surface area contributed by atoms with Gasteiger partial charge in [-0.1, -0.05) is 12.1 Å². The molecule has 11 nitrogen and oxygen atoms in total. The van der Waals surface area contributed by atoms with Gasteiger partial charge in [-0.15, -0.1) is 10.2 Å². The summed E-state index contributed by atoms with van der Waals surface area (Å²) >= 11 is 0. The number of nitrogens with zero attached hydrogens (tertiary/aromatic N) is 4. The molecule has 2 aromatic heterocycles. The summed E-state index contributed by atoms with van der Waals surface area (Å²) in [6, 6.07) is 13.5. The summed E-state index contributed by atoms with van der Waals surface area (Å²) in [5.41, 5.74) is 9.66. The Hall–Kier alpha value is -3.96. The van der Waals surface area contributed by atoms with E-state index >= 15 is 0 Å². The van der Waals surface area contributed by atoms with E-state index in [4.69, 9.17) is 29.8 Å². The molecule has 212 valence electrons. The average molecular weight is 550 g/mol. The van der Waals surface area contributed by atoms with Crippen molar-refractivity contribution in [3.8, 4) is 22.9 Å². The molecule has 3 aromatic rings. The van der Waals surface area contributed by atoms with Crippen molar-refractivity contribution in [3.63, 3.8) is 0 Å². The first-order valence-corrected chi connectivity index (χ1v) is 13.6. The van der Waals surface area contributed by atoms with Crippen molar-refractivity contribution in [1.82, 2.24) is 20.1 Å². The number of para-hydroxylation sites is 1. The van der Waals surface area contributed by atoms with Gasteiger partial charge in [0, 0.05) is 50.9 Å². The zero-order chi connectivity index (χ0) is 27.9. The number of methoxy groups -OCH3 is 1. The van der Waals surface area contributed by atoms with E-state index in [9.17, 15) is 4.79 Å². The summed E-state index contributed by atoms with van der Waals surface area (Å²) in [5.74, 6) is 1.66. The second kappa shape index (κ2) is 12.9. The maximum atomic E-state index is 11.1. The lowest BCUT2D eigenvalue weighted by atomic mass is 9.91. The number of amides is 1. The van der Waals surface area contributed by atoms with Gasteiger partial charge in [0.15, 0.2) is 6.79 Å². The minimum absolute atomic E-state index is 0.0647. The molecule has 2 aliphatic rings. The number of nitrogens with two attached hydrogens (primary N) is 1. The van der Waals surface area contributed by atoms with Crippen LogP contribution in [0, 0.1) is 0 Å². The van der Waals surface area contributed by atoms with Crippen LogP contribution in [0.3, 0.4) is 0 Å². The maximum Gasteiger partial charge on any atom is 0.407 e. The van der Waals surface area contributed by atoms with Gasteiger partial charge in [-0.3, -0.25) is 0 Å². The van der Waals surface area contributed by atoms with Gasteiger partial charge < -0.3 is 34.7 Å².